The topological polar surface area (TPSA) is 29.0 Å². The van der Waals surface area contributed by atoms with Crippen LogP contribution in [0.15, 0.2) is 42.5 Å². The maximum absolute atomic E-state index is 4.72. The molecule has 0 fully saturated rings. The molecule has 1 aliphatic rings. The van der Waals surface area contributed by atoms with Gasteiger partial charge in [0.15, 0.2) is 0 Å². The second-order valence-electron chi connectivity index (χ2n) is 5.65. The quantitative estimate of drug-likeness (QED) is 0.673. The maximum atomic E-state index is 4.72. The van der Waals surface area contributed by atoms with E-state index in [1.807, 2.05) is 13.0 Å². The van der Waals surface area contributed by atoms with E-state index in [0.29, 0.717) is 0 Å². The van der Waals surface area contributed by atoms with Crippen LogP contribution in [0.2, 0.25) is 0 Å². The number of anilines is 2. The molecule has 21 heavy (non-hydrogen) atoms. The molecule has 2 aromatic carbocycles. The number of aryl methyl sites for hydroxylation is 2. The molecule has 0 bridgehead atoms. The summed E-state index contributed by atoms with van der Waals surface area (Å²) in [7, 11) is 0. The van der Waals surface area contributed by atoms with Gasteiger partial charge >= 0.3 is 0 Å². The van der Waals surface area contributed by atoms with Gasteiger partial charge in [-0.1, -0.05) is 29.8 Å². The van der Waals surface area contributed by atoms with Crippen molar-refractivity contribution in [2.45, 2.75) is 20.3 Å². The lowest BCUT2D eigenvalue weighted by atomic mass is 10.1. The molecular formula is C18H17N3. The first-order valence-electron chi connectivity index (χ1n) is 7.33. The third-order valence-electron chi connectivity index (χ3n) is 4.08. The molecule has 1 aromatic heterocycles. The van der Waals surface area contributed by atoms with Gasteiger partial charge in [0.05, 0.1) is 5.52 Å². The van der Waals surface area contributed by atoms with Gasteiger partial charge in [-0.3, -0.25) is 0 Å². The zero-order chi connectivity index (χ0) is 14.4. The van der Waals surface area contributed by atoms with E-state index in [9.17, 15) is 0 Å². The van der Waals surface area contributed by atoms with Gasteiger partial charge in [0.25, 0.3) is 0 Å². The molecule has 3 nitrogen and oxygen atoms in total. The average molecular weight is 275 g/mol. The fourth-order valence-electron chi connectivity index (χ4n) is 3.13. The van der Waals surface area contributed by atoms with Crippen LogP contribution in [0, 0.1) is 13.8 Å². The van der Waals surface area contributed by atoms with E-state index in [-0.39, 0.29) is 0 Å². The first-order chi connectivity index (χ1) is 10.2. The maximum Gasteiger partial charge on any atom is 0.144 e. The van der Waals surface area contributed by atoms with Crippen LogP contribution in [0.25, 0.3) is 10.9 Å². The monoisotopic (exact) mass is 275 g/mol. The smallest absolute Gasteiger partial charge is 0.144 e. The SMILES string of the molecule is Cc1ccc2c(c1)CCN2c1nc(C)nc2ccccc12. The molecule has 0 N–H and O–H groups in total. The van der Waals surface area contributed by atoms with Crippen molar-refractivity contribution in [3.8, 4) is 0 Å². The molecule has 3 heteroatoms. The highest BCUT2D eigenvalue weighted by atomic mass is 15.2. The predicted octanol–water partition coefficient (Wildman–Crippen LogP) is 3.94. The van der Waals surface area contributed by atoms with Crippen molar-refractivity contribution in [2.75, 3.05) is 11.4 Å². The van der Waals surface area contributed by atoms with Crippen molar-refractivity contribution in [1.82, 2.24) is 9.97 Å². The van der Waals surface area contributed by atoms with E-state index in [1.165, 1.54) is 16.8 Å². The van der Waals surface area contributed by atoms with Gasteiger partial charge in [0.2, 0.25) is 0 Å². The van der Waals surface area contributed by atoms with Gasteiger partial charge in [-0.15, -0.1) is 0 Å². The van der Waals surface area contributed by atoms with E-state index >= 15 is 0 Å². The van der Waals surface area contributed by atoms with Crippen molar-refractivity contribution in [1.29, 1.82) is 0 Å². The van der Waals surface area contributed by atoms with Crippen molar-refractivity contribution in [3.05, 3.63) is 59.4 Å². The van der Waals surface area contributed by atoms with E-state index in [0.717, 1.165) is 35.5 Å². The second kappa shape index (κ2) is 4.55. The molecule has 0 radical (unpaired) electrons. The van der Waals surface area contributed by atoms with Gasteiger partial charge in [-0.25, -0.2) is 9.97 Å². The fraction of sp³-hybridized carbons (Fsp3) is 0.222. The molecule has 0 amide bonds. The molecule has 0 saturated carbocycles. The summed E-state index contributed by atoms with van der Waals surface area (Å²) in [6, 6.07) is 14.9. The van der Waals surface area contributed by atoms with Crippen LogP contribution in [0.4, 0.5) is 11.5 Å². The summed E-state index contributed by atoms with van der Waals surface area (Å²) in [5, 5.41) is 1.12. The Morgan fingerprint density at radius 1 is 1.00 bits per heavy atom. The Labute approximate surface area is 124 Å². The minimum Gasteiger partial charge on any atom is -0.325 e. The number of aromatic nitrogens is 2. The van der Waals surface area contributed by atoms with Gasteiger partial charge in [0.1, 0.15) is 11.6 Å². The van der Waals surface area contributed by atoms with Crippen molar-refractivity contribution in [2.24, 2.45) is 0 Å². The lowest BCUT2D eigenvalue weighted by Crippen LogP contribution is -2.16. The normalized spacial score (nSPS) is 13.7. The van der Waals surface area contributed by atoms with E-state index in [4.69, 9.17) is 4.98 Å². The summed E-state index contributed by atoms with van der Waals surface area (Å²) in [4.78, 5) is 11.6. The Bertz CT molecular complexity index is 839. The van der Waals surface area contributed by atoms with Crippen LogP contribution in [-0.4, -0.2) is 16.5 Å². The number of para-hydroxylation sites is 1. The zero-order valence-electron chi connectivity index (χ0n) is 12.3. The summed E-state index contributed by atoms with van der Waals surface area (Å²) < 4.78 is 0. The van der Waals surface area contributed by atoms with Gasteiger partial charge in [0, 0.05) is 17.6 Å². The highest BCUT2D eigenvalue weighted by Gasteiger charge is 2.23. The highest BCUT2D eigenvalue weighted by molar-refractivity contribution is 5.92. The number of nitrogens with zero attached hydrogens (tertiary/aromatic N) is 3. The summed E-state index contributed by atoms with van der Waals surface area (Å²) in [6.07, 6.45) is 1.08. The van der Waals surface area contributed by atoms with Crippen LogP contribution < -0.4 is 4.90 Å². The number of rotatable bonds is 1. The third kappa shape index (κ3) is 1.97. The Morgan fingerprint density at radius 2 is 1.86 bits per heavy atom. The molecule has 104 valence electrons. The molecule has 2 heterocycles. The van der Waals surface area contributed by atoms with E-state index in [1.54, 1.807) is 0 Å². The van der Waals surface area contributed by atoms with Crippen LogP contribution in [-0.2, 0) is 6.42 Å². The largest absolute Gasteiger partial charge is 0.325 e. The number of hydrogen-bond acceptors (Lipinski definition) is 3. The highest BCUT2D eigenvalue weighted by Crippen LogP contribution is 2.36. The third-order valence-corrected chi connectivity index (χ3v) is 4.08. The number of benzene rings is 2. The van der Waals surface area contributed by atoms with Crippen LogP contribution in [0.1, 0.15) is 17.0 Å². The Hall–Kier alpha value is -2.42. The molecular weight excluding hydrogens is 258 g/mol. The Morgan fingerprint density at radius 3 is 2.76 bits per heavy atom. The van der Waals surface area contributed by atoms with Gasteiger partial charge in [-0.05, 0) is 44.0 Å². The molecule has 0 unspecified atom stereocenters. The number of fused-ring (bicyclic) bond motifs is 2. The van der Waals surface area contributed by atoms with Crippen molar-refractivity contribution in [3.63, 3.8) is 0 Å². The average Bonchev–Trinajstić information content (AvgIpc) is 2.89. The molecule has 4 rings (SSSR count). The molecule has 0 aliphatic carbocycles. The standard InChI is InChI=1S/C18H17N3/c1-12-7-8-17-14(11-12)9-10-21(17)18-15-5-3-4-6-16(15)19-13(2)20-18/h3-8,11H,9-10H2,1-2H3. The van der Waals surface area contributed by atoms with Crippen LogP contribution >= 0.6 is 0 Å². The zero-order valence-corrected chi connectivity index (χ0v) is 12.3. The van der Waals surface area contributed by atoms with E-state index < -0.39 is 0 Å². The Balaban J connectivity index is 1.93. The Kier molecular flexibility index (Phi) is 2.67. The minimum absolute atomic E-state index is 0.823. The van der Waals surface area contributed by atoms with Crippen molar-refractivity contribution >= 4 is 22.4 Å². The minimum atomic E-state index is 0.823. The lowest BCUT2D eigenvalue weighted by Gasteiger charge is -2.20. The van der Waals surface area contributed by atoms with Crippen LogP contribution in [0.3, 0.4) is 0 Å². The molecule has 0 saturated heterocycles. The second-order valence-corrected chi connectivity index (χ2v) is 5.65. The molecule has 0 atom stereocenters. The van der Waals surface area contributed by atoms with E-state index in [2.05, 4.69) is 53.2 Å². The summed E-state index contributed by atoms with van der Waals surface area (Å²) >= 11 is 0. The summed E-state index contributed by atoms with van der Waals surface area (Å²) in [5.74, 6) is 1.85. The first kappa shape index (κ1) is 12.3. The van der Waals surface area contributed by atoms with Gasteiger partial charge in [-0.2, -0.15) is 0 Å². The van der Waals surface area contributed by atoms with Crippen molar-refractivity contribution < 1.29 is 0 Å². The van der Waals surface area contributed by atoms with Crippen LogP contribution in [0.5, 0.6) is 0 Å². The lowest BCUT2D eigenvalue weighted by molar-refractivity contribution is 0.960. The van der Waals surface area contributed by atoms with Gasteiger partial charge < -0.3 is 4.90 Å². The fourth-order valence-corrected chi connectivity index (χ4v) is 3.13. The molecule has 0 spiro atoms. The predicted molar refractivity (Wildman–Crippen MR) is 86.2 cm³/mol. The summed E-state index contributed by atoms with van der Waals surface area (Å²) in [6.45, 7) is 5.09. The first-order valence-corrected chi connectivity index (χ1v) is 7.33. The summed E-state index contributed by atoms with van der Waals surface area (Å²) in [5.41, 5.74) is 5.03. The molecule has 3 aromatic rings. The molecule has 1 aliphatic heterocycles. The number of hydrogen-bond donors (Lipinski definition) is 0.